The topological polar surface area (TPSA) is 74.2 Å². The Bertz CT molecular complexity index is 300. The van der Waals surface area contributed by atoms with Crippen molar-refractivity contribution in [1.82, 2.24) is 0 Å². The molecule has 0 aromatic rings. The first-order valence-electron chi connectivity index (χ1n) is 8.46. The number of carbonyl (C=O) groups is 1. The molecule has 0 aromatic heterocycles. The van der Waals surface area contributed by atoms with Crippen molar-refractivity contribution >= 4 is 17.6 Å². The fourth-order valence-electron chi connectivity index (χ4n) is 0.719. The third-order valence-electron chi connectivity index (χ3n) is 2.08. The van der Waals surface area contributed by atoms with Crippen molar-refractivity contribution in [2.45, 2.75) is 53.2 Å². The summed E-state index contributed by atoms with van der Waals surface area (Å²) in [7, 11) is 3.30. The van der Waals surface area contributed by atoms with E-state index >= 15 is 0 Å². The minimum absolute atomic E-state index is 0.0255. The molecule has 6 nitrogen and oxygen atoms in total. The molecule has 26 heavy (non-hydrogen) atoms. The zero-order valence-corrected chi connectivity index (χ0v) is 18.3. The minimum Gasteiger partial charge on any atom is -0.463 e. The summed E-state index contributed by atoms with van der Waals surface area (Å²) < 4.78 is 19.2. The highest BCUT2D eigenvalue weighted by Gasteiger charge is 1.93. The monoisotopic (exact) mass is 398 g/mol. The Kier molecular flexibility index (Phi) is 36.3. The number of aliphatic hydroxyl groups excluding tert-OH is 1. The summed E-state index contributed by atoms with van der Waals surface area (Å²) in [4.78, 5) is 10.0. The van der Waals surface area contributed by atoms with Crippen LogP contribution in [0.4, 0.5) is 0 Å². The quantitative estimate of drug-likeness (QED) is 0.360. The lowest BCUT2D eigenvalue weighted by Gasteiger charge is -2.01. The standard InChI is InChI=1S/C6H14O3.C5H10O2.C4H5Cl.C4H10O/c1-7-3-5-9-6-4-8-2;1-4(2)7-5(3)6;2*1-3-4(2)5/h3-6H2,1-2H3;4H,1-3H3;3H,1-2H2;4-5H,3H2,1-2H3. The van der Waals surface area contributed by atoms with E-state index in [1.807, 2.05) is 20.8 Å². The highest BCUT2D eigenvalue weighted by Crippen LogP contribution is 1.92. The van der Waals surface area contributed by atoms with Gasteiger partial charge in [-0.25, -0.2) is 0 Å². The Hall–Kier alpha value is -0.920. The summed E-state index contributed by atoms with van der Waals surface area (Å²) in [6.07, 6.45) is 2.26. The van der Waals surface area contributed by atoms with Crippen molar-refractivity contribution < 1.29 is 28.8 Å². The molecule has 1 unspecified atom stereocenters. The lowest BCUT2D eigenvalue weighted by atomic mass is 10.3. The van der Waals surface area contributed by atoms with Gasteiger partial charge in [0.2, 0.25) is 0 Å². The first-order chi connectivity index (χ1) is 12.1. The van der Waals surface area contributed by atoms with Crippen LogP contribution in [0.2, 0.25) is 0 Å². The van der Waals surface area contributed by atoms with Crippen LogP contribution in [0.25, 0.3) is 0 Å². The molecule has 1 atom stereocenters. The molecule has 0 bridgehead atoms. The summed E-state index contributed by atoms with van der Waals surface area (Å²) in [6.45, 7) is 18.0. The maximum Gasteiger partial charge on any atom is 0.302 e. The molecule has 0 saturated carbocycles. The summed E-state index contributed by atoms with van der Waals surface area (Å²) in [6, 6.07) is 0. The molecule has 0 saturated heterocycles. The first kappa shape index (κ1) is 32.7. The predicted molar refractivity (Wildman–Crippen MR) is 109 cm³/mol. The number of hydrogen-bond donors (Lipinski definition) is 1. The largest absolute Gasteiger partial charge is 0.463 e. The highest BCUT2D eigenvalue weighted by molar-refractivity contribution is 6.30. The second kappa shape index (κ2) is 28.9. The van der Waals surface area contributed by atoms with Crippen LogP contribution in [0, 0.1) is 0 Å². The lowest BCUT2D eigenvalue weighted by Crippen LogP contribution is -2.06. The van der Waals surface area contributed by atoms with Crippen LogP contribution in [-0.2, 0) is 23.7 Å². The van der Waals surface area contributed by atoms with Crippen molar-refractivity contribution in [2.75, 3.05) is 40.6 Å². The molecule has 0 heterocycles. The Morgan fingerprint density at radius 1 is 1.12 bits per heavy atom. The molecule has 0 aliphatic carbocycles. The zero-order chi connectivity index (χ0) is 21.4. The van der Waals surface area contributed by atoms with E-state index in [2.05, 4.69) is 17.9 Å². The predicted octanol–water partition coefficient (Wildman–Crippen LogP) is 3.96. The lowest BCUT2D eigenvalue weighted by molar-refractivity contribution is -0.144. The molecule has 158 valence electrons. The van der Waals surface area contributed by atoms with Gasteiger partial charge in [0, 0.05) is 26.2 Å². The Morgan fingerprint density at radius 2 is 1.46 bits per heavy atom. The van der Waals surface area contributed by atoms with Crippen LogP contribution >= 0.6 is 11.6 Å². The SMILES string of the molecule is C=CC(=C)Cl.CC(=O)OC(C)C.CCC(C)O.COCCOCCOC. The number of esters is 1. The van der Waals surface area contributed by atoms with E-state index in [-0.39, 0.29) is 18.2 Å². The molecule has 0 aromatic carbocycles. The zero-order valence-electron chi connectivity index (χ0n) is 17.5. The Morgan fingerprint density at radius 3 is 1.58 bits per heavy atom. The number of hydrogen-bond acceptors (Lipinski definition) is 6. The van der Waals surface area contributed by atoms with Crippen molar-refractivity contribution in [3.05, 3.63) is 24.3 Å². The van der Waals surface area contributed by atoms with E-state index in [1.54, 1.807) is 21.1 Å². The average molecular weight is 399 g/mol. The van der Waals surface area contributed by atoms with E-state index in [9.17, 15) is 4.79 Å². The molecule has 0 radical (unpaired) electrons. The molecular weight excluding hydrogens is 360 g/mol. The van der Waals surface area contributed by atoms with Crippen LogP contribution in [0.15, 0.2) is 24.3 Å². The maximum absolute atomic E-state index is 10.0. The number of methoxy groups -OCH3 is 2. The molecule has 0 rings (SSSR count). The first-order valence-corrected chi connectivity index (χ1v) is 8.84. The second-order valence-corrected chi connectivity index (χ2v) is 5.65. The van der Waals surface area contributed by atoms with Gasteiger partial charge >= 0.3 is 5.97 Å². The maximum atomic E-state index is 10.0. The number of halogens is 1. The van der Waals surface area contributed by atoms with Gasteiger partial charge in [-0.3, -0.25) is 4.79 Å². The van der Waals surface area contributed by atoms with Crippen molar-refractivity contribution in [2.24, 2.45) is 0 Å². The van der Waals surface area contributed by atoms with Gasteiger partial charge in [0.25, 0.3) is 0 Å². The number of rotatable bonds is 9. The molecule has 7 heteroatoms. The molecule has 0 aliphatic heterocycles. The fraction of sp³-hybridized carbons (Fsp3) is 0.737. The third-order valence-corrected chi connectivity index (χ3v) is 2.23. The van der Waals surface area contributed by atoms with Crippen LogP contribution in [0.3, 0.4) is 0 Å². The van der Waals surface area contributed by atoms with Gasteiger partial charge in [-0.15, -0.1) is 0 Å². The third kappa shape index (κ3) is 65.8. The molecule has 0 fully saturated rings. The molecule has 0 spiro atoms. The molecule has 0 amide bonds. The second-order valence-electron chi connectivity index (χ2n) is 5.16. The van der Waals surface area contributed by atoms with E-state index in [1.165, 1.54) is 13.0 Å². The van der Waals surface area contributed by atoms with Gasteiger partial charge in [0.05, 0.1) is 38.6 Å². The van der Waals surface area contributed by atoms with E-state index in [0.29, 0.717) is 31.5 Å². The van der Waals surface area contributed by atoms with Gasteiger partial charge in [0.1, 0.15) is 0 Å². The highest BCUT2D eigenvalue weighted by atomic mass is 35.5. The summed E-state index contributed by atoms with van der Waals surface area (Å²) in [5.74, 6) is -0.213. The van der Waals surface area contributed by atoms with Gasteiger partial charge in [0.15, 0.2) is 0 Å². The van der Waals surface area contributed by atoms with E-state index in [0.717, 1.165) is 6.42 Å². The van der Waals surface area contributed by atoms with Crippen molar-refractivity contribution in [3.63, 3.8) is 0 Å². The molecular formula is C19H39ClO6. The van der Waals surface area contributed by atoms with Gasteiger partial charge in [-0.1, -0.05) is 37.8 Å². The van der Waals surface area contributed by atoms with Gasteiger partial charge in [-0.2, -0.15) is 0 Å². The van der Waals surface area contributed by atoms with Gasteiger partial charge in [-0.05, 0) is 27.2 Å². The summed E-state index contributed by atoms with van der Waals surface area (Å²) in [5, 5.41) is 8.85. The van der Waals surface area contributed by atoms with Crippen molar-refractivity contribution in [1.29, 1.82) is 0 Å². The number of ether oxygens (including phenoxy) is 4. The average Bonchev–Trinajstić information content (AvgIpc) is 2.55. The number of allylic oxidation sites excluding steroid dienone is 2. The van der Waals surface area contributed by atoms with Crippen LogP contribution in [-0.4, -0.2) is 63.9 Å². The summed E-state index contributed by atoms with van der Waals surface area (Å²) in [5.41, 5.74) is 0. The van der Waals surface area contributed by atoms with Crippen LogP contribution < -0.4 is 0 Å². The van der Waals surface area contributed by atoms with Gasteiger partial charge < -0.3 is 24.1 Å². The van der Waals surface area contributed by atoms with E-state index in [4.69, 9.17) is 30.9 Å². The number of aliphatic hydroxyl groups is 1. The van der Waals surface area contributed by atoms with Crippen molar-refractivity contribution in [3.8, 4) is 0 Å². The van der Waals surface area contributed by atoms with E-state index < -0.39 is 0 Å². The summed E-state index contributed by atoms with van der Waals surface area (Å²) >= 11 is 5.15. The smallest absolute Gasteiger partial charge is 0.302 e. The Labute approximate surface area is 165 Å². The van der Waals surface area contributed by atoms with Crippen LogP contribution in [0.1, 0.15) is 41.0 Å². The molecule has 1 N–H and O–H groups in total. The fourth-order valence-corrected chi connectivity index (χ4v) is 0.719. The van der Waals surface area contributed by atoms with Crippen LogP contribution in [0.5, 0.6) is 0 Å². The minimum atomic E-state index is -0.213. The molecule has 0 aliphatic rings. The number of carbonyl (C=O) groups excluding carboxylic acids is 1. The normalized spacial score (nSPS) is 10.1. The Balaban J connectivity index is -0.000000128.